The number of benzene rings is 2. The molecule has 2 N–H and O–H groups in total. The predicted molar refractivity (Wildman–Crippen MR) is 130 cm³/mol. The minimum absolute atomic E-state index is 0.129. The number of ether oxygens (including phenoxy) is 1. The number of aliphatic hydroxyl groups excluding tert-OH is 1. The van der Waals surface area contributed by atoms with Gasteiger partial charge in [0, 0.05) is 21.6 Å². The Labute approximate surface area is 198 Å². The van der Waals surface area contributed by atoms with Gasteiger partial charge in [-0.3, -0.25) is 9.78 Å². The molecule has 0 bridgehead atoms. The zero-order valence-corrected chi connectivity index (χ0v) is 19.9. The maximum Gasteiger partial charge on any atom is 0.261 e. The number of aryl methyl sites for hydroxylation is 2. The summed E-state index contributed by atoms with van der Waals surface area (Å²) in [5, 5.41) is 13.3. The van der Waals surface area contributed by atoms with Crippen molar-refractivity contribution in [2.75, 3.05) is 12.4 Å². The highest BCUT2D eigenvalue weighted by molar-refractivity contribution is 9.10. The Hall–Kier alpha value is -3.49. The summed E-state index contributed by atoms with van der Waals surface area (Å²) in [6.45, 7) is 3.49. The number of nitrogens with zero attached hydrogens (tertiary/aromatic N) is 2. The second kappa shape index (κ2) is 9.56. The number of methoxy groups -OCH3 is 1. The number of carbonyl (C=O) groups excluding carboxylic acids is 1. The molecule has 0 aliphatic heterocycles. The first-order valence-corrected chi connectivity index (χ1v) is 11.0. The second-order valence-electron chi connectivity index (χ2n) is 7.48. The van der Waals surface area contributed by atoms with E-state index in [1.807, 2.05) is 43.3 Å². The predicted octanol–water partition coefficient (Wildman–Crippen LogP) is 5.19. The SMILES string of the molecule is COc1ccc(C)cc1NC(=O)c1cc2c(CO)cnc(C)c2oc1=Nc1cccc(Br)c1. The van der Waals surface area contributed by atoms with Crippen LogP contribution < -0.4 is 15.6 Å². The van der Waals surface area contributed by atoms with Crippen molar-refractivity contribution in [1.82, 2.24) is 4.98 Å². The summed E-state index contributed by atoms with van der Waals surface area (Å²) in [6.07, 6.45) is 1.57. The number of rotatable bonds is 5. The van der Waals surface area contributed by atoms with Crippen molar-refractivity contribution >= 4 is 44.2 Å². The molecule has 0 unspecified atom stereocenters. The van der Waals surface area contributed by atoms with E-state index in [2.05, 4.69) is 31.2 Å². The molecule has 0 fully saturated rings. The van der Waals surface area contributed by atoms with Crippen molar-refractivity contribution in [2.24, 2.45) is 4.99 Å². The lowest BCUT2D eigenvalue weighted by Gasteiger charge is -2.12. The van der Waals surface area contributed by atoms with E-state index in [9.17, 15) is 9.90 Å². The van der Waals surface area contributed by atoms with Crippen LogP contribution in [0.2, 0.25) is 0 Å². The Bertz CT molecular complexity index is 1430. The molecule has 1 amide bonds. The molecule has 2 aromatic heterocycles. The fraction of sp³-hybridized carbons (Fsp3) is 0.160. The molecule has 0 saturated carbocycles. The van der Waals surface area contributed by atoms with Crippen LogP contribution in [-0.4, -0.2) is 23.1 Å². The van der Waals surface area contributed by atoms with Crippen LogP contribution >= 0.6 is 15.9 Å². The standard InChI is InChI=1S/C25H22BrN3O4/c1-14-7-8-22(32-3)21(9-14)29-24(31)20-11-19-16(13-30)12-27-15(2)23(19)33-25(20)28-18-6-4-5-17(26)10-18/h4-12,30H,13H2,1-3H3,(H,29,31). The van der Waals surface area contributed by atoms with Crippen LogP contribution in [0.5, 0.6) is 5.75 Å². The van der Waals surface area contributed by atoms with E-state index in [0.29, 0.717) is 39.4 Å². The molecule has 0 saturated heterocycles. The van der Waals surface area contributed by atoms with Crippen LogP contribution in [0.3, 0.4) is 0 Å². The highest BCUT2D eigenvalue weighted by Crippen LogP contribution is 2.27. The van der Waals surface area contributed by atoms with Crippen LogP contribution in [0, 0.1) is 13.8 Å². The molecule has 0 radical (unpaired) electrons. The zero-order valence-electron chi connectivity index (χ0n) is 18.3. The number of amides is 1. The largest absolute Gasteiger partial charge is 0.495 e. The average molecular weight is 508 g/mol. The summed E-state index contributed by atoms with van der Waals surface area (Å²) >= 11 is 3.44. The first kappa shape index (κ1) is 22.7. The average Bonchev–Trinajstić information content (AvgIpc) is 2.79. The molecule has 0 spiro atoms. The van der Waals surface area contributed by atoms with Crippen LogP contribution in [0.1, 0.15) is 27.2 Å². The highest BCUT2D eigenvalue weighted by atomic mass is 79.9. The monoisotopic (exact) mass is 507 g/mol. The Morgan fingerprint density at radius 3 is 2.76 bits per heavy atom. The molecule has 2 aromatic carbocycles. The quantitative estimate of drug-likeness (QED) is 0.387. The number of anilines is 1. The Morgan fingerprint density at radius 1 is 1.21 bits per heavy atom. The van der Waals surface area contributed by atoms with Crippen LogP contribution in [0.15, 0.2) is 68.6 Å². The fourth-order valence-electron chi connectivity index (χ4n) is 3.43. The second-order valence-corrected chi connectivity index (χ2v) is 8.40. The van der Waals surface area contributed by atoms with Gasteiger partial charge in [0.1, 0.15) is 11.3 Å². The summed E-state index contributed by atoms with van der Waals surface area (Å²) in [5.41, 5.74) is 4.09. The van der Waals surface area contributed by atoms with Gasteiger partial charge in [-0.05, 0) is 55.8 Å². The van der Waals surface area contributed by atoms with Gasteiger partial charge in [0.15, 0.2) is 5.58 Å². The third-order valence-corrected chi connectivity index (χ3v) is 5.60. The van der Waals surface area contributed by atoms with E-state index in [-0.39, 0.29) is 17.7 Å². The van der Waals surface area contributed by atoms with Gasteiger partial charge >= 0.3 is 0 Å². The Morgan fingerprint density at radius 2 is 2.03 bits per heavy atom. The summed E-state index contributed by atoms with van der Waals surface area (Å²) < 4.78 is 12.3. The molecule has 2 heterocycles. The topological polar surface area (TPSA) is 97.0 Å². The number of aromatic nitrogens is 1. The highest BCUT2D eigenvalue weighted by Gasteiger charge is 2.18. The molecule has 0 aliphatic carbocycles. The van der Waals surface area contributed by atoms with Gasteiger partial charge in [0.25, 0.3) is 5.91 Å². The minimum atomic E-state index is -0.420. The van der Waals surface area contributed by atoms with Gasteiger partial charge in [-0.1, -0.05) is 28.1 Å². The van der Waals surface area contributed by atoms with Crippen LogP contribution in [0.4, 0.5) is 11.4 Å². The van der Waals surface area contributed by atoms with E-state index in [1.54, 1.807) is 32.4 Å². The lowest BCUT2D eigenvalue weighted by atomic mass is 10.1. The smallest absolute Gasteiger partial charge is 0.261 e. The molecular weight excluding hydrogens is 486 g/mol. The zero-order chi connectivity index (χ0) is 23.5. The summed E-state index contributed by atoms with van der Waals surface area (Å²) in [7, 11) is 1.54. The van der Waals surface area contributed by atoms with Crippen molar-refractivity contribution in [1.29, 1.82) is 0 Å². The molecule has 8 heteroatoms. The van der Waals surface area contributed by atoms with Gasteiger partial charge < -0.3 is 19.6 Å². The van der Waals surface area contributed by atoms with Crippen molar-refractivity contribution in [3.8, 4) is 5.75 Å². The number of carbonyl (C=O) groups is 1. The molecule has 4 aromatic rings. The number of pyridine rings is 1. The molecule has 0 atom stereocenters. The first-order valence-electron chi connectivity index (χ1n) is 10.2. The third kappa shape index (κ3) is 4.81. The van der Waals surface area contributed by atoms with Gasteiger partial charge in [0.05, 0.1) is 30.8 Å². The lowest BCUT2D eigenvalue weighted by Crippen LogP contribution is -2.22. The third-order valence-electron chi connectivity index (χ3n) is 5.11. The molecule has 33 heavy (non-hydrogen) atoms. The molecule has 4 rings (SSSR count). The molecule has 0 aliphatic rings. The molecule has 168 valence electrons. The maximum atomic E-state index is 13.4. The van der Waals surface area contributed by atoms with E-state index >= 15 is 0 Å². The normalized spacial score (nSPS) is 11.6. The van der Waals surface area contributed by atoms with Crippen molar-refractivity contribution < 1.29 is 19.1 Å². The number of hydrogen-bond acceptors (Lipinski definition) is 6. The lowest BCUT2D eigenvalue weighted by molar-refractivity contribution is 0.102. The number of aliphatic hydroxyl groups is 1. The number of fused-ring (bicyclic) bond motifs is 1. The number of nitrogens with one attached hydrogen (secondary N) is 1. The van der Waals surface area contributed by atoms with E-state index in [4.69, 9.17) is 9.15 Å². The first-order chi connectivity index (χ1) is 15.9. The summed E-state index contributed by atoms with van der Waals surface area (Å²) in [6, 6.07) is 14.6. The van der Waals surface area contributed by atoms with Gasteiger partial charge in [-0.15, -0.1) is 0 Å². The van der Waals surface area contributed by atoms with E-state index in [0.717, 1.165) is 10.0 Å². The van der Waals surface area contributed by atoms with Crippen molar-refractivity contribution in [2.45, 2.75) is 20.5 Å². The Kier molecular flexibility index (Phi) is 6.57. The van der Waals surface area contributed by atoms with Gasteiger partial charge in [0.2, 0.25) is 5.55 Å². The maximum absolute atomic E-state index is 13.4. The molecular formula is C25H22BrN3O4. The van der Waals surface area contributed by atoms with Gasteiger partial charge in [-0.2, -0.15) is 0 Å². The van der Waals surface area contributed by atoms with Crippen molar-refractivity contribution in [3.05, 3.63) is 87.1 Å². The van der Waals surface area contributed by atoms with Crippen molar-refractivity contribution in [3.63, 3.8) is 0 Å². The van der Waals surface area contributed by atoms with Gasteiger partial charge in [-0.25, -0.2) is 4.99 Å². The van der Waals surface area contributed by atoms with E-state index < -0.39 is 5.91 Å². The van der Waals surface area contributed by atoms with E-state index in [1.165, 1.54) is 0 Å². The number of halogens is 1. The molecule has 7 nitrogen and oxygen atoms in total. The Balaban J connectivity index is 1.93. The number of hydrogen-bond donors (Lipinski definition) is 2. The van der Waals surface area contributed by atoms with Crippen LogP contribution in [-0.2, 0) is 6.61 Å². The summed E-state index contributed by atoms with van der Waals surface area (Å²) in [5.74, 6) is 0.116. The van der Waals surface area contributed by atoms with Crippen LogP contribution in [0.25, 0.3) is 11.0 Å². The fourth-order valence-corrected chi connectivity index (χ4v) is 3.82. The summed E-state index contributed by atoms with van der Waals surface area (Å²) in [4.78, 5) is 22.3. The minimum Gasteiger partial charge on any atom is -0.495 e.